The number of para-hydroxylation sites is 1. The molecule has 7 nitrogen and oxygen atoms in total. The number of benzene rings is 2. The van der Waals surface area contributed by atoms with E-state index in [1.54, 1.807) is 19.1 Å². The lowest BCUT2D eigenvalue weighted by Gasteiger charge is -2.08. The molecule has 0 aliphatic rings. The Morgan fingerprint density at radius 1 is 1.17 bits per heavy atom. The molecule has 0 atom stereocenters. The van der Waals surface area contributed by atoms with Gasteiger partial charge in [0.25, 0.3) is 5.69 Å². The fourth-order valence-electron chi connectivity index (χ4n) is 2.37. The van der Waals surface area contributed by atoms with Gasteiger partial charge in [0.15, 0.2) is 11.5 Å². The zero-order valence-corrected chi connectivity index (χ0v) is 12.9. The molecule has 0 saturated carbocycles. The second kappa shape index (κ2) is 6.04. The molecule has 7 heteroatoms. The molecule has 0 radical (unpaired) electrons. The van der Waals surface area contributed by atoms with Gasteiger partial charge in [0, 0.05) is 17.0 Å². The highest BCUT2D eigenvalue weighted by Crippen LogP contribution is 2.33. The zero-order valence-electron chi connectivity index (χ0n) is 12.9. The summed E-state index contributed by atoms with van der Waals surface area (Å²) in [6.45, 7) is 1.74. The van der Waals surface area contributed by atoms with Crippen LogP contribution in [0, 0.1) is 17.0 Å². The quantitative estimate of drug-likeness (QED) is 0.312. The summed E-state index contributed by atoms with van der Waals surface area (Å²) in [7, 11) is 1.38. The molecule has 0 amide bonds. The van der Waals surface area contributed by atoms with Gasteiger partial charge in [-0.25, -0.2) is 4.79 Å². The van der Waals surface area contributed by atoms with Crippen LogP contribution in [0.1, 0.15) is 16.1 Å². The van der Waals surface area contributed by atoms with Gasteiger partial charge >= 0.3 is 5.97 Å². The van der Waals surface area contributed by atoms with Crippen LogP contribution >= 0.6 is 0 Å². The molecule has 0 aliphatic heterocycles. The molecule has 0 bridgehead atoms. The van der Waals surface area contributed by atoms with Crippen molar-refractivity contribution < 1.29 is 23.6 Å². The third-order valence-corrected chi connectivity index (χ3v) is 3.59. The van der Waals surface area contributed by atoms with E-state index >= 15 is 0 Å². The Morgan fingerprint density at radius 3 is 2.58 bits per heavy atom. The Morgan fingerprint density at radius 2 is 1.92 bits per heavy atom. The number of ether oxygens (including phenoxy) is 2. The number of carbonyl (C=O) groups is 1. The van der Waals surface area contributed by atoms with Crippen LogP contribution in [0.15, 0.2) is 46.9 Å². The molecule has 3 rings (SSSR count). The van der Waals surface area contributed by atoms with Crippen LogP contribution in [-0.4, -0.2) is 18.0 Å². The summed E-state index contributed by atoms with van der Waals surface area (Å²) in [4.78, 5) is 22.7. The highest BCUT2D eigenvalue weighted by molar-refractivity contribution is 5.97. The summed E-state index contributed by atoms with van der Waals surface area (Å²) in [5.41, 5.74) is 0.993. The summed E-state index contributed by atoms with van der Waals surface area (Å²) in [5, 5.41) is 11.7. The Hall–Kier alpha value is -3.35. The van der Waals surface area contributed by atoms with Gasteiger partial charge in [-0.05, 0) is 19.1 Å². The summed E-state index contributed by atoms with van der Waals surface area (Å²) in [5.74, 6) is -0.536. The van der Waals surface area contributed by atoms with Crippen molar-refractivity contribution in [2.45, 2.75) is 6.92 Å². The number of methoxy groups -OCH3 is 1. The second-order valence-corrected chi connectivity index (χ2v) is 5.03. The normalized spacial score (nSPS) is 10.6. The number of rotatable bonds is 4. The van der Waals surface area contributed by atoms with Gasteiger partial charge in [-0.2, -0.15) is 0 Å². The molecule has 0 fully saturated rings. The average molecular weight is 327 g/mol. The minimum atomic E-state index is -0.748. The number of esters is 1. The third-order valence-electron chi connectivity index (χ3n) is 3.59. The third kappa shape index (κ3) is 2.67. The minimum Gasteiger partial charge on any atom is -0.493 e. The largest absolute Gasteiger partial charge is 0.493 e. The van der Waals surface area contributed by atoms with Gasteiger partial charge in [0.2, 0.25) is 5.76 Å². The van der Waals surface area contributed by atoms with Crippen molar-refractivity contribution in [3.63, 3.8) is 0 Å². The van der Waals surface area contributed by atoms with Crippen LogP contribution < -0.4 is 9.47 Å². The van der Waals surface area contributed by atoms with Gasteiger partial charge in [-0.3, -0.25) is 10.1 Å². The van der Waals surface area contributed by atoms with Crippen molar-refractivity contribution in [3.8, 4) is 11.5 Å². The fraction of sp³-hybridized carbons (Fsp3) is 0.118. The van der Waals surface area contributed by atoms with Crippen LogP contribution in [0.4, 0.5) is 5.69 Å². The van der Waals surface area contributed by atoms with E-state index in [4.69, 9.17) is 13.9 Å². The van der Waals surface area contributed by atoms with Crippen LogP contribution in [0.3, 0.4) is 0 Å². The zero-order chi connectivity index (χ0) is 17.3. The van der Waals surface area contributed by atoms with E-state index in [0.29, 0.717) is 11.1 Å². The molecule has 0 saturated heterocycles. The van der Waals surface area contributed by atoms with E-state index < -0.39 is 10.9 Å². The first-order valence-corrected chi connectivity index (χ1v) is 7.04. The summed E-state index contributed by atoms with van der Waals surface area (Å²) >= 11 is 0. The van der Waals surface area contributed by atoms with Gasteiger partial charge < -0.3 is 13.9 Å². The molecule has 3 aromatic rings. The summed E-state index contributed by atoms with van der Waals surface area (Å²) < 4.78 is 15.9. The van der Waals surface area contributed by atoms with Crippen LogP contribution in [0.25, 0.3) is 11.0 Å². The van der Waals surface area contributed by atoms with E-state index in [0.717, 1.165) is 11.5 Å². The van der Waals surface area contributed by atoms with Gasteiger partial charge in [-0.15, -0.1) is 0 Å². The number of furan rings is 1. The molecular formula is C17H13NO6. The number of aryl methyl sites for hydroxylation is 1. The number of nitro groups is 1. The first-order chi connectivity index (χ1) is 11.5. The molecule has 122 valence electrons. The predicted octanol–water partition coefficient (Wildman–Crippen LogP) is 3.88. The van der Waals surface area contributed by atoms with Crippen molar-refractivity contribution in [1.29, 1.82) is 0 Å². The van der Waals surface area contributed by atoms with Crippen molar-refractivity contribution in [2.24, 2.45) is 0 Å². The maximum absolute atomic E-state index is 12.4. The number of hydrogen-bond acceptors (Lipinski definition) is 6. The lowest BCUT2D eigenvalue weighted by Crippen LogP contribution is -2.09. The molecule has 0 spiro atoms. The van der Waals surface area contributed by atoms with Crippen LogP contribution in [-0.2, 0) is 0 Å². The number of non-ortho nitro benzene ring substituents is 1. The highest BCUT2D eigenvalue weighted by Gasteiger charge is 2.22. The van der Waals surface area contributed by atoms with Crippen molar-refractivity contribution in [2.75, 3.05) is 7.11 Å². The molecule has 0 N–H and O–H groups in total. The second-order valence-electron chi connectivity index (χ2n) is 5.03. The number of carbonyl (C=O) groups excluding carboxylic acids is 1. The van der Waals surface area contributed by atoms with E-state index in [9.17, 15) is 14.9 Å². The maximum atomic E-state index is 12.4. The number of nitro benzene ring substituents is 1. The summed E-state index contributed by atoms with van der Waals surface area (Å²) in [6.07, 6.45) is 0. The molecule has 24 heavy (non-hydrogen) atoms. The first kappa shape index (κ1) is 15.5. The van der Waals surface area contributed by atoms with Crippen LogP contribution in [0.2, 0.25) is 0 Å². The Bertz CT molecular complexity index is 943. The van der Waals surface area contributed by atoms with E-state index in [-0.39, 0.29) is 22.9 Å². The molecule has 0 aliphatic carbocycles. The molecule has 1 aromatic heterocycles. The standard InChI is InChI=1S/C17H13NO6/c1-10-12-5-3-4-6-13(12)23-16(10)17(19)24-15-9-11(18(20)21)7-8-14(15)22-2/h3-9H,1-2H3. The lowest BCUT2D eigenvalue weighted by atomic mass is 10.1. The summed E-state index contributed by atoms with van der Waals surface area (Å²) in [6, 6.07) is 11.0. The number of nitrogens with zero attached hydrogens (tertiary/aromatic N) is 1. The van der Waals surface area contributed by atoms with E-state index in [2.05, 4.69) is 0 Å². The average Bonchev–Trinajstić information content (AvgIpc) is 2.92. The number of fused-ring (bicyclic) bond motifs is 1. The Labute approximate surface area is 136 Å². The van der Waals surface area contributed by atoms with Crippen LogP contribution in [0.5, 0.6) is 11.5 Å². The first-order valence-electron chi connectivity index (χ1n) is 7.04. The molecule has 0 unspecified atom stereocenters. The number of hydrogen-bond donors (Lipinski definition) is 0. The predicted molar refractivity (Wildman–Crippen MR) is 85.6 cm³/mol. The molecular weight excluding hydrogens is 314 g/mol. The van der Waals surface area contributed by atoms with E-state index in [1.807, 2.05) is 12.1 Å². The van der Waals surface area contributed by atoms with E-state index in [1.165, 1.54) is 19.2 Å². The van der Waals surface area contributed by atoms with Gasteiger partial charge in [0.1, 0.15) is 5.58 Å². The van der Waals surface area contributed by atoms with Gasteiger partial charge in [-0.1, -0.05) is 18.2 Å². The highest BCUT2D eigenvalue weighted by atomic mass is 16.6. The topological polar surface area (TPSA) is 91.8 Å². The van der Waals surface area contributed by atoms with Crippen molar-refractivity contribution >= 4 is 22.6 Å². The SMILES string of the molecule is COc1ccc([N+](=O)[O-])cc1OC(=O)c1oc2ccccc2c1C. The maximum Gasteiger partial charge on any atom is 0.380 e. The Balaban J connectivity index is 1.98. The smallest absolute Gasteiger partial charge is 0.380 e. The molecule has 1 heterocycles. The Kier molecular flexibility index (Phi) is 3.91. The fourth-order valence-corrected chi connectivity index (χ4v) is 2.37. The van der Waals surface area contributed by atoms with Crippen molar-refractivity contribution in [1.82, 2.24) is 0 Å². The van der Waals surface area contributed by atoms with Crippen molar-refractivity contribution in [3.05, 3.63) is 63.9 Å². The molecule has 2 aromatic carbocycles. The monoisotopic (exact) mass is 327 g/mol. The minimum absolute atomic E-state index is 0.0449. The van der Waals surface area contributed by atoms with Gasteiger partial charge in [0.05, 0.1) is 18.1 Å². The lowest BCUT2D eigenvalue weighted by molar-refractivity contribution is -0.384.